The van der Waals surface area contributed by atoms with Crippen molar-refractivity contribution in [2.75, 3.05) is 46.5 Å². The Kier molecular flexibility index (Phi) is 11.0. The van der Waals surface area contributed by atoms with E-state index in [9.17, 15) is 8.78 Å². The number of nitrogens with one attached hydrogen (secondary N) is 2. The SMILES string of the molecule is CN=C(NCc1cccc(OCC(F)F)c1)NCC(C)(C)N1CCOCC1.I. The number of rotatable bonds is 8. The van der Waals surface area contributed by atoms with E-state index in [1.54, 1.807) is 25.2 Å². The molecule has 9 heteroatoms. The van der Waals surface area contributed by atoms with Gasteiger partial charge in [0.25, 0.3) is 6.43 Å². The van der Waals surface area contributed by atoms with Gasteiger partial charge in [-0.2, -0.15) is 0 Å². The molecule has 1 saturated heterocycles. The van der Waals surface area contributed by atoms with E-state index in [4.69, 9.17) is 9.47 Å². The van der Waals surface area contributed by atoms with E-state index in [2.05, 4.69) is 34.4 Å². The van der Waals surface area contributed by atoms with E-state index in [1.165, 1.54) is 0 Å². The van der Waals surface area contributed by atoms with Crippen LogP contribution in [0.25, 0.3) is 0 Å². The van der Waals surface area contributed by atoms with Gasteiger partial charge in [-0.3, -0.25) is 9.89 Å². The number of guanidine groups is 1. The fraction of sp³-hybridized carbons (Fsp3) is 0.632. The van der Waals surface area contributed by atoms with Gasteiger partial charge in [-0.25, -0.2) is 8.78 Å². The van der Waals surface area contributed by atoms with Crippen molar-refractivity contribution in [2.24, 2.45) is 4.99 Å². The number of aliphatic imine (C=N–C) groups is 1. The summed E-state index contributed by atoms with van der Waals surface area (Å²) >= 11 is 0. The highest BCUT2D eigenvalue weighted by molar-refractivity contribution is 14.0. The van der Waals surface area contributed by atoms with Gasteiger partial charge < -0.3 is 20.1 Å². The van der Waals surface area contributed by atoms with Gasteiger partial charge in [0.15, 0.2) is 5.96 Å². The van der Waals surface area contributed by atoms with Crippen LogP contribution in [-0.2, 0) is 11.3 Å². The van der Waals surface area contributed by atoms with Crippen molar-refractivity contribution in [2.45, 2.75) is 32.4 Å². The van der Waals surface area contributed by atoms with Crippen LogP contribution in [0, 0.1) is 0 Å². The minimum atomic E-state index is -2.48. The molecule has 0 amide bonds. The molecule has 0 spiro atoms. The molecule has 2 N–H and O–H groups in total. The summed E-state index contributed by atoms with van der Waals surface area (Å²) in [5.74, 6) is 1.13. The van der Waals surface area contributed by atoms with Crippen LogP contribution in [0.2, 0.25) is 0 Å². The Labute approximate surface area is 183 Å². The van der Waals surface area contributed by atoms with Gasteiger partial charge >= 0.3 is 0 Å². The second-order valence-corrected chi connectivity index (χ2v) is 7.04. The maximum absolute atomic E-state index is 12.3. The number of morpholine rings is 1. The third kappa shape index (κ3) is 8.44. The zero-order valence-electron chi connectivity index (χ0n) is 16.7. The van der Waals surface area contributed by atoms with Gasteiger partial charge in [0.05, 0.1) is 13.2 Å². The quantitative estimate of drug-likeness (QED) is 0.319. The smallest absolute Gasteiger partial charge is 0.272 e. The molecule has 6 nitrogen and oxygen atoms in total. The second kappa shape index (κ2) is 12.4. The normalized spacial score (nSPS) is 15.9. The van der Waals surface area contributed by atoms with Crippen molar-refractivity contribution in [1.29, 1.82) is 0 Å². The van der Waals surface area contributed by atoms with E-state index in [0.29, 0.717) is 18.3 Å². The molecular formula is C19H31F2IN4O2. The van der Waals surface area contributed by atoms with Crippen molar-refractivity contribution in [1.82, 2.24) is 15.5 Å². The molecule has 1 aliphatic heterocycles. The highest BCUT2D eigenvalue weighted by atomic mass is 127. The number of hydrogen-bond donors (Lipinski definition) is 2. The van der Waals surface area contributed by atoms with Gasteiger partial charge in [-0.15, -0.1) is 24.0 Å². The Balaban J connectivity index is 0.00000392. The number of benzene rings is 1. The third-order valence-electron chi connectivity index (χ3n) is 4.51. The Morgan fingerprint density at radius 2 is 2.00 bits per heavy atom. The highest BCUT2D eigenvalue weighted by Gasteiger charge is 2.28. The maximum Gasteiger partial charge on any atom is 0.272 e. The molecule has 1 heterocycles. The van der Waals surface area contributed by atoms with Crippen molar-refractivity contribution >= 4 is 29.9 Å². The number of alkyl halides is 2. The lowest BCUT2D eigenvalue weighted by atomic mass is 10.0. The molecule has 160 valence electrons. The Morgan fingerprint density at radius 1 is 1.29 bits per heavy atom. The average Bonchev–Trinajstić information content (AvgIpc) is 2.67. The molecule has 1 aliphatic rings. The van der Waals surface area contributed by atoms with Crippen LogP contribution in [0.3, 0.4) is 0 Å². The van der Waals surface area contributed by atoms with Crippen molar-refractivity contribution in [3.05, 3.63) is 29.8 Å². The first-order chi connectivity index (χ1) is 12.9. The summed E-state index contributed by atoms with van der Waals surface area (Å²) in [6.45, 7) is 8.42. The molecule has 0 atom stereocenters. The van der Waals surface area contributed by atoms with Gasteiger partial charge in [0, 0.05) is 38.8 Å². The first-order valence-electron chi connectivity index (χ1n) is 9.18. The summed E-state index contributed by atoms with van der Waals surface area (Å²) < 4.78 is 35.0. The van der Waals surface area contributed by atoms with Crippen LogP contribution in [0.15, 0.2) is 29.3 Å². The summed E-state index contributed by atoms with van der Waals surface area (Å²) in [4.78, 5) is 6.66. The molecule has 1 aromatic rings. The molecule has 2 rings (SSSR count). The van der Waals surface area contributed by atoms with Gasteiger partial charge in [-0.05, 0) is 31.5 Å². The summed E-state index contributed by atoms with van der Waals surface area (Å²) in [7, 11) is 1.72. The lowest BCUT2D eigenvalue weighted by Crippen LogP contribution is -2.56. The second-order valence-electron chi connectivity index (χ2n) is 7.04. The van der Waals surface area contributed by atoms with E-state index < -0.39 is 13.0 Å². The zero-order chi connectivity index (χ0) is 19.7. The van der Waals surface area contributed by atoms with Crippen LogP contribution < -0.4 is 15.4 Å². The molecule has 0 aliphatic carbocycles. The molecule has 1 aromatic carbocycles. The fourth-order valence-electron chi connectivity index (χ4n) is 2.89. The van der Waals surface area contributed by atoms with E-state index in [0.717, 1.165) is 38.4 Å². The van der Waals surface area contributed by atoms with Gasteiger partial charge in [-0.1, -0.05) is 12.1 Å². The standard InChI is InChI=1S/C19H30F2N4O2.HI/c1-19(2,25-7-9-26-10-8-25)14-24-18(22-3)23-12-15-5-4-6-16(11-15)27-13-17(20)21;/h4-6,11,17H,7-10,12-14H2,1-3H3,(H2,22,23,24);1H. The highest BCUT2D eigenvalue weighted by Crippen LogP contribution is 2.16. The minimum absolute atomic E-state index is 0. The monoisotopic (exact) mass is 512 g/mol. The molecule has 0 bridgehead atoms. The Morgan fingerprint density at radius 3 is 2.64 bits per heavy atom. The predicted octanol–water partition coefficient (Wildman–Crippen LogP) is 2.72. The molecule has 0 radical (unpaired) electrons. The third-order valence-corrected chi connectivity index (χ3v) is 4.51. The van der Waals surface area contributed by atoms with Crippen molar-refractivity contribution < 1.29 is 18.3 Å². The molecule has 1 fully saturated rings. The molecule has 0 saturated carbocycles. The summed E-state index contributed by atoms with van der Waals surface area (Å²) in [6, 6.07) is 7.12. The van der Waals surface area contributed by atoms with Crippen LogP contribution in [0.4, 0.5) is 8.78 Å². The lowest BCUT2D eigenvalue weighted by molar-refractivity contribution is -0.00834. The predicted molar refractivity (Wildman–Crippen MR) is 118 cm³/mol. The molecular weight excluding hydrogens is 481 g/mol. The van der Waals surface area contributed by atoms with Crippen LogP contribution in [-0.4, -0.2) is 69.3 Å². The number of ether oxygens (including phenoxy) is 2. The lowest BCUT2D eigenvalue weighted by Gasteiger charge is -2.41. The minimum Gasteiger partial charge on any atom is -0.488 e. The van der Waals surface area contributed by atoms with Crippen LogP contribution in [0.1, 0.15) is 19.4 Å². The van der Waals surface area contributed by atoms with Crippen molar-refractivity contribution in [3.8, 4) is 5.75 Å². The van der Waals surface area contributed by atoms with Crippen LogP contribution in [0.5, 0.6) is 5.75 Å². The van der Waals surface area contributed by atoms with Crippen LogP contribution >= 0.6 is 24.0 Å². The molecule has 0 aromatic heterocycles. The molecule has 28 heavy (non-hydrogen) atoms. The number of nitrogens with zero attached hydrogens (tertiary/aromatic N) is 2. The number of halogens is 3. The first-order valence-corrected chi connectivity index (χ1v) is 9.18. The average molecular weight is 512 g/mol. The van der Waals surface area contributed by atoms with E-state index in [1.807, 2.05) is 6.07 Å². The van der Waals surface area contributed by atoms with Gasteiger partial charge in [0.1, 0.15) is 12.4 Å². The maximum atomic E-state index is 12.3. The Hall–Kier alpha value is -1.20. The van der Waals surface area contributed by atoms with Gasteiger partial charge in [0.2, 0.25) is 0 Å². The van der Waals surface area contributed by atoms with E-state index in [-0.39, 0.29) is 29.5 Å². The Bertz CT molecular complexity index is 611. The molecule has 0 unspecified atom stereocenters. The first kappa shape index (κ1) is 24.8. The zero-order valence-corrected chi connectivity index (χ0v) is 19.0. The summed E-state index contributed by atoms with van der Waals surface area (Å²) in [5.41, 5.74) is 0.905. The summed E-state index contributed by atoms with van der Waals surface area (Å²) in [6.07, 6.45) is -2.48. The largest absolute Gasteiger partial charge is 0.488 e. The summed E-state index contributed by atoms with van der Waals surface area (Å²) in [5, 5.41) is 6.60. The topological polar surface area (TPSA) is 58.1 Å². The fourth-order valence-corrected chi connectivity index (χ4v) is 2.89. The van der Waals surface area contributed by atoms with Crippen molar-refractivity contribution in [3.63, 3.8) is 0 Å². The van der Waals surface area contributed by atoms with E-state index >= 15 is 0 Å². The number of hydrogen-bond acceptors (Lipinski definition) is 4.